The average molecular weight is 317 g/mol. The van der Waals surface area contributed by atoms with Crippen molar-refractivity contribution in [2.45, 2.75) is 20.4 Å². The van der Waals surface area contributed by atoms with Crippen LogP contribution >= 0.6 is 0 Å². The van der Waals surface area contributed by atoms with Gasteiger partial charge >= 0.3 is 0 Å². The van der Waals surface area contributed by atoms with Gasteiger partial charge in [-0.3, -0.25) is 9.59 Å². The molecule has 0 radical (unpaired) electrons. The van der Waals surface area contributed by atoms with Crippen LogP contribution in [0.25, 0.3) is 0 Å². The van der Waals surface area contributed by atoms with E-state index in [1.165, 1.54) is 0 Å². The van der Waals surface area contributed by atoms with Crippen molar-refractivity contribution in [3.63, 3.8) is 0 Å². The van der Waals surface area contributed by atoms with Crippen LogP contribution in [-0.4, -0.2) is 55.3 Å². The smallest absolute Gasteiger partial charge is 0.253 e. The Labute approximate surface area is 138 Å². The molecule has 5 nitrogen and oxygen atoms in total. The normalized spacial score (nSPS) is 15.7. The van der Waals surface area contributed by atoms with E-state index in [1.54, 1.807) is 19.0 Å². The Balaban J connectivity index is 2.00. The maximum atomic E-state index is 12.6. The molecule has 2 rings (SSSR count). The maximum Gasteiger partial charge on any atom is 0.253 e. The molecule has 2 amide bonds. The molecule has 1 aliphatic rings. The number of hydrogen-bond donors (Lipinski definition) is 1. The molecular formula is C18H27N3O2. The predicted molar refractivity (Wildman–Crippen MR) is 91.1 cm³/mol. The Hall–Kier alpha value is -1.88. The largest absolute Gasteiger partial charge is 0.345 e. The topological polar surface area (TPSA) is 52.7 Å². The van der Waals surface area contributed by atoms with Gasteiger partial charge in [0.1, 0.15) is 0 Å². The van der Waals surface area contributed by atoms with Crippen LogP contribution in [0.2, 0.25) is 0 Å². The lowest BCUT2D eigenvalue weighted by molar-refractivity contribution is -0.137. The molecule has 0 saturated carbocycles. The summed E-state index contributed by atoms with van der Waals surface area (Å²) in [6.45, 7) is 7.19. The molecule has 1 fully saturated rings. The lowest BCUT2D eigenvalue weighted by atomic mass is 9.88. The van der Waals surface area contributed by atoms with Crippen molar-refractivity contribution in [2.24, 2.45) is 11.8 Å². The van der Waals surface area contributed by atoms with Gasteiger partial charge in [0.2, 0.25) is 5.91 Å². The van der Waals surface area contributed by atoms with Crippen molar-refractivity contribution in [2.75, 3.05) is 33.7 Å². The first kappa shape index (κ1) is 17.5. The van der Waals surface area contributed by atoms with Crippen LogP contribution < -0.4 is 5.32 Å². The average Bonchev–Trinajstić information content (AvgIpc) is 2.50. The Morgan fingerprint density at radius 1 is 1.22 bits per heavy atom. The van der Waals surface area contributed by atoms with Gasteiger partial charge in [0.15, 0.2) is 0 Å². The Morgan fingerprint density at radius 2 is 1.83 bits per heavy atom. The zero-order valence-electron chi connectivity index (χ0n) is 14.5. The van der Waals surface area contributed by atoms with Gasteiger partial charge in [-0.2, -0.15) is 0 Å². The van der Waals surface area contributed by atoms with E-state index < -0.39 is 0 Å². The van der Waals surface area contributed by atoms with Crippen LogP contribution in [-0.2, 0) is 11.3 Å². The second-order valence-corrected chi connectivity index (χ2v) is 6.46. The van der Waals surface area contributed by atoms with E-state index in [0.29, 0.717) is 24.6 Å². The zero-order chi connectivity index (χ0) is 17.0. The molecule has 1 atom stereocenters. The number of benzene rings is 1. The van der Waals surface area contributed by atoms with Crippen molar-refractivity contribution in [1.82, 2.24) is 15.1 Å². The molecule has 5 heteroatoms. The van der Waals surface area contributed by atoms with Crippen LogP contribution in [0.4, 0.5) is 0 Å². The molecule has 1 saturated heterocycles. The van der Waals surface area contributed by atoms with Gasteiger partial charge in [-0.05, 0) is 43.6 Å². The summed E-state index contributed by atoms with van der Waals surface area (Å²) in [5.74, 6) is 0.723. The summed E-state index contributed by atoms with van der Waals surface area (Å²) in [7, 11) is 3.48. The highest BCUT2D eigenvalue weighted by Gasteiger charge is 2.31. The van der Waals surface area contributed by atoms with Crippen LogP contribution in [0.15, 0.2) is 24.3 Å². The number of rotatable bonds is 6. The molecule has 1 heterocycles. The van der Waals surface area contributed by atoms with Crippen molar-refractivity contribution >= 4 is 11.8 Å². The van der Waals surface area contributed by atoms with E-state index >= 15 is 0 Å². The SMILES string of the molecule is CCN(Cc1ccc(C(=O)N(C)C)cc1)C(=O)C(C)C1CNC1. The third kappa shape index (κ3) is 4.10. The summed E-state index contributed by atoms with van der Waals surface area (Å²) < 4.78 is 0. The maximum absolute atomic E-state index is 12.6. The minimum absolute atomic E-state index is 0.00826. The highest BCUT2D eigenvalue weighted by atomic mass is 16.2. The first-order valence-electron chi connectivity index (χ1n) is 8.24. The molecule has 1 aliphatic heterocycles. The first-order valence-corrected chi connectivity index (χ1v) is 8.24. The van der Waals surface area contributed by atoms with Gasteiger partial charge in [-0.1, -0.05) is 19.1 Å². The molecule has 0 spiro atoms. The minimum Gasteiger partial charge on any atom is -0.345 e. The molecule has 1 aromatic carbocycles. The van der Waals surface area contributed by atoms with E-state index in [-0.39, 0.29) is 17.7 Å². The fourth-order valence-corrected chi connectivity index (χ4v) is 2.73. The highest BCUT2D eigenvalue weighted by molar-refractivity contribution is 5.93. The van der Waals surface area contributed by atoms with Gasteiger partial charge in [0.25, 0.3) is 5.91 Å². The molecule has 23 heavy (non-hydrogen) atoms. The molecule has 1 aromatic rings. The summed E-state index contributed by atoms with van der Waals surface area (Å²) in [5, 5.41) is 3.22. The number of hydrogen-bond acceptors (Lipinski definition) is 3. The van der Waals surface area contributed by atoms with E-state index in [1.807, 2.05) is 43.0 Å². The number of carbonyl (C=O) groups excluding carboxylic acids is 2. The molecule has 1 N–H and O–H groups in total. The van der Waals surface area contributed by atoms with E-state index in [2.05, 4.69) is 5.32 Å². The molecule has 0 aliphatic carbocycles. The summed E-state index contributed by atoms with van der Waals surface area (Å²) in [4.78, 5) is 28.0. The fourth-order valence-electron chi connectivity index (χ4n) is 2.73. The van der Waals surface area contributed by atoms with E-state index in [4.69, 9.17) is 0 Å². The van der Waals surface area contributed by atoms with Crippen LogP contribution in [0, 0.1) is 11.8 Å². The number of carbonyl (C=O) groups is 2. The first-order chi connectivity index (χ1) is 10.9. The second-order valence-electron chi connectivity index (χ2n) is 6.46. The van der Waals surface area contributed by atoms with Gasteiger partial charge in [-0.25, -0.2) is 0 Å². The Bertz CT molecular complexity index is 550. The van der Waals surface area contributed by atoms with E-state index in [0.717, 1.165) is 18.7 Å². The summed E-state index contributed by atoms with van der Waals surface area (Å²) >= 11 is 0. The summed E-state index contributed by atoms with van der Waals surface area (Å²) in [6.07, 6.45) is 0. The fraction of sp³-hybridized carbons (Fsp3) is 0.556. The van der Waals surface area contributed by atoms with Gasteiger partial charge < -0.3 is 15.1 Å². The lowest BCUT2D eigenvalue weighted by Crippen LogP contribution is -2.50. The van der Waals surface area contributed by atoms with Gasteiger partial charge in [0, 0.05) is 38.7 Å². The van der Waals surface area contributed by atoms with Crippen LogP contribution in [0.5, 0.6) is 0 Å². The predicted octanol–water partition coefficient (Wildman–Crippen LogP) is 1.59. The quantitative estimate of drug-likeness (QED) is 0.867. The zero-order valence-corrected chi connectivity index (χ0v) is 14.5. The summed E-state index contributed by atoms with van der Waals surface area (Å²) in [5.41, 5.74) is 1.72. The third-order valence-electron chi connectivity index (χ3n) is 4.58. The number of nitrogens with zero attached hydrogens (tertiary/aromatic N) is 2. The Kier molecular flexibility index (Phi) is 5.77. The van der Waals surface area contributed by atoms with Crippen molar-refractivity contribution in [3.05, 3.63) is 35.4 Å². The van der Waals surface area contributed by atoms with Crippen molar-refractivity contribution in [3.8, 4) is 0 Å². The molecule has 126 valence electrons. The standard InChI is InChI=1S/C18H27N3O2/c1-5-21(17(22)13(2)16-10-19-11-16)12-14-6-8-15(9-7-14)18(23)20(3)4/h6-9,13,16,19H,5,10-12H2,1-4H3. The van der Waals surface area contributed by atoms with Crippen LogP contribution in [0.3, 0.4) is 0 Å². The Morgan fingerprint density at radius 3 is 2.26 bits per heavy atom. The van der Waals surface area contributed by atoms with Gasteiger partial charge in [0.05, 0.1) is 0 Å². The van der Waals surface area contributed by atoms with Crippen LogP contribution in [0.1, 0.15) is 29.8 Å². The molecular weight excluding hydrogens is 290 g/mol. The number of amides is 2. The monoisotopic (exact) mass is 317 g/mol. The lowest BCUT2D eigenvalue weighted by Gasteiger charge is -2.34. The number of nitrogens with one attached hydrogen (secondary N) is 1. The minimum atomic E-state index is -0.00826. The highest BCUT2D eigenvalue weighted by Crippen LogP contribution is 2.20. The molecule has 0 aromatic heterocycles. The summed E-state index contributed by atoms with van der Waals surface area (Å²) in [6, 6.07) is 7.52. The molecule has 0 bridgehead atoms. The second kappa shape index (κ2) is 7.59. The third-order valence-corrected chi connectivity index (χ3v) is 4.58. The van der Waals surface area contributed by atoms with Crippen molar-refractivity contribution < 1.29 is 9.59 Å². The van der Waals surface area contributed by atoms with Gasteiger partial charge in [-0.15, -0.1) is 0 Å². The van der Waals surface area contributed by atoms with Crippen molar-refractivity contribution in [1.29, 1.82) is 0 Å². The van der Waals surface area contributed by atoms with E-state index in [9.17, 15) is 9.59 Å². The molecule has 1 unspecified atom stereocenters.